The minimum absolute atomic E-state index is 0.215. The lowest BCUT2D eigenvalue weighted by Gasteiger charge is -2.21. The first-order valence-electron chi connectivity index (χ1n) is 9.05. The molecule has 1 atom stereocenters. The summed E-state index contributed by atoms with van der Waals surface area (Å²) < 4.78 is 17.1. The molecule has 0 aliphatic carbocycles. The fourth-order valence-corrected chi connectivity index (χ4v) is 2.32. The van der Waals surface area contributed by atoms with E-state index in [2.05, 4.69) is 11.9 Å². The highest BCUT2D eigenvalue weighted by Gasteiger charge is 2.18. The van der Waals surface area contributed by atoms with Crippen molar-refractivity contribution < 1.29 is 19.0 Å². The van der Waals surface area contributed by atoms with Gasteiger partial charge in [0.05, 0.1) is 5.56 Å². The fourth-order valence-electron chi connectivity index (χ4n) is 2.32. The molecule has 144 valence electrons. The highest BCUT2D eigenvalue weighted by molar-refractivity contribution is 5.89. The van der Waals surface area contributed by atoms with E-state index in [-0.39, 0.29) is 18.6 Å². The third-order valence-electron chi connectivity index (χ3n) is 3.67. The lowest BCUT2D eigenvalue weighted by Crippen LogP contribution is -2.38. The Bertz CT molecular complexity index is 715. The highest BCUT2D eigenvalue weighted by Crippen LogP contribution is 2.26. The standard InChI is InChI=1S/C22H27NO4/c1-4-14-25-20-12-8-9-13-21(20)26-16-19(15-23-17(2)3)27-22(24)18-10-6-5-7-11-18/h4-13,17,19,23H,1,14-16H2,2-3H3. The van der Waals surface area contributed by atoms with Crippen molar-refractivity contribution in [2.24, 2.45) is 0 Å². The van der Waals surface area contributed by atoms with E-state index in [0.717, 1.165) is 0 Å². The number of hydrogen-bond donors (Lipinski definition) is 1. The third kappa shape index (κ3) is 7.15. The van der Waals surface area contributed by atoms with Gasteiger partial charge in [0, 0.05) is 12.6 Å². The SMILES string of the molecule is C=CCOc1ccccc1OCC(CNC(C)C)OC(=O)c1ccccc1. The van der Waals surface area contributed by atoms with Gasteiger partial charge in [-0.05, 0) is 24.3 Å². The number of esters is 1. The van der Waals surface area contributed by atoms with Gasteiger partial charge in [0.15, 0.2) is 11.5 Å². The summed E-state index contributed by atoms with van der Waals surface area (Å²) in [6.07, 6.45) is 1.24. The van der Waals surface area contributed by atoms with Gasteiger partial charge in [-0.1, -0.05) is 56.8 Å². The smallest absolute Gasteiger partial charge is 0.338 e. The first-order chi connectivity index (χ1) is 13.1. The highest BCUT2D eigenvalue weighted by atomic mass is 16.6. The summed E-state index contributed by atoms with van der Waals surface area (Å²) in [6.45, 7) is 8.82. The molecule has 2 aromatic carbocycles. The van der Waals surface area contributed by atoms with E-state index in [1.807, 2.05) is 56.3 Å². The van der Waals surface area contributed by atoms with Crippen LogP contribution in [0.3, 0.4) is 0 Å². The Morgan fingerprint density at radius 3 is 2.30 bits per heavy atom. The topological polar surface area (TPSA) is 56.8 Å². The van der Waals surface area contributed by atoms with Gasteiger partial charge in [-0.3, -0.25) is 0 Å². The number of rotatable bonds is 11. The molecule has 0 aromatic heterocycles. The third-order valence-corrected chi connectivity index (χ3v) is 3.67. The Morgan fingerprint density at radius 1 is 1.04 bits per heavy atom. The van der Waals surface area contributed by atoms with Crippen molar-refractivity contribution in [2.45, 2.75) is 26.0 Å². The molecule has 2 aromatic rings. The summed E-state index contributed by atoms with van der Waals surface area (Å²) in [6, 6.07) is 16.6. The van der Waals surface area contributed by atoms with Crippen LogP contribution in [0.4, 0.5) is 0 Å². The van der Waals surface area contributed by atoms with Crippen LogP contribution >= 0.6 is 0 Å². The van der Waals surface area contributed by atoms with Crippen molar-refractivity contribution in [1.29, 1.82) is 0 Å². The first kappa shape index (κ1) is 20.5. The molecule has 0 saturated carbocycles. The van der Waals surface area contributed by atoms with E-state index in [4.69, 9.17) is 14.2 Å². The molecule has 1 N–H and O–H groups in total. The predicted molar refractivity (Wildman–Crippen MR) is 106 cm³/mol. The van der Waals surface area contributed by atoms with Crippen LogP contribution in [0.1, 0.15) is 24.2 Å². The largest absolute Gasteiger partial charge is 0.486 e. The van der Waals surface area contributed by atoms with Gasteiger partial charge < -0.3 is 19.5 Å². The van der Waals surface area contributed by atoms with Gasteiger partial charge in [0.25, 0.3) is 0 Å². The zero-order chi connectivity index (χ0) is 19.5. The molecule has 5 heteroatoms. The number of benzene rings is 2. The Kier molecular flexibility index (Phi) is 8.39. The lowest BCUT2D eigenvalue weighted by molar-refractivity contribution is 0.0170. The van der Waals surface area contributed by atoms with Crippen molar-refractivity contribution in [1.82, 2.24) is 5.32 Å². The number of carbonyl (C=O) groups excluding carboxylic acids is 1. The van der Waals surface area contributed by atoms with Gasteiger partial charge >= 0.3 is 5.97 Å². The summed E-state index contributed by atoms with van der Waals surface area (Å²) >= 11 is 0. The van der Waals surface area contributed by atoms with Crippen LogP contribution in [0, 0.1) is 0 Å². The molecule has 5 nitrogen and oxygen atoms in total. The average Bonchev–Trinajstić information content (AvgIpc) is 2.69. The minimum Gasteiger partial charge on any atom is -0.486 e. The van der Waals surface area contributed by atoms with E-state index < -0.39 is 6.10 Å². The van der Waals surface area contributed by atoms with Gasteiger partial charge in [-0.25, -0.2) is 4.79 Å². The van der Waals surface area contributed by atoms with Crippen LogP contribution in [0.25, 0.3) is 0 Å². The molecular weight excluding hydrogens is 342 g/mol. The van der Waals surface area contributed by atoms with E-state index in [9.17, 15) is 4.79 Å². The molecule has 0 saturated heterocycles. The van der Waals surface area contributed by atoms with E-state index in [1.165, 1.54) is 0 Å². The van der Waals surface area contributed by atoms with Crippen LogP contribution in [-0.4, -0.2) is 37.9 Å². The molecule has 0 aliphatic rings. The minimum atomic E-state index is -0.437. The summed E-state index contributed by atoms with van der Waals surface area (Å²) in [5.74, 6) is 0.859. The zero-order valence-electron chi connectivity index (χ0n) is 15.9. The van der Waals surface area contributed by atoms with Crippen LogP contribution in [0.5, 0.6) is 11.5 Å². The van der Waals surface area contributed by atoms with Crippen LogP contribution in [0.2, 0.25) is 0 Å². The molecule has 0 bridgehead atoms. The maximum absolute atomic E-state index is 12.4. The van der Waals surface area contributed by atoms with Crippen LogP contribution in [0.15, 0.2) is 67.3 Å². The molecular formula is C22H27NO4. The van der Waals surface area contributed by atoms with E-state index >= 15 is 0 Å². The Morgan fingerprint density at radius 2 is 1.67 bits per heavy atom. The Hall–Kier alpha value is -2.79. The van der Waals surface area contributed by atoms with Crippen LogP contribution < -0.4 is 14.8 Å². The molecule has 0 aliphatic heterocycles. The normalized spacial score (nSPS) is 11.7. The molecule has 0 amide bonds. The second kappa shape index (κ2) is 11.0. The number of carbonyl (C=O) groups is 1. The van der Waals surface area contributed by atoms with Gasteiger partial charge in [-0.15, -0.1) is 0 Å². The fraction of sp³-hybridized carbons (Fsp3) is 0.318. The second-order valence-corrected chi connectivity index (χ2v) is 6.31. The van der Waals surface area contributed by atoms with Gasteiger partial charge in [0.1, 0.15) is 19.3 Å². The maximum atomic E-state index is 12.4. The predicted octanol–water partition coefficient (Wildman–Crippen LogP) is 3.85. The van der Waals surface area contributed by atoms with Crippen molar-refractivity contribution in [3.8, 4) is 11.5 Å². The molecule has 27 heavy (non-hydrogen) atoms. The molecule has 1 unspecified atom stereocenters. The summed E-state index contributed by atoms with van der Waals surface area (Å²) in [5.41, 5.74) is 0.516. The molecule has 0 heterocycles. The van der Waals surface area contributed by atoms with Crippen molar-refractivity contribution in [3.05, 3.63) is 72.8 Å². The quantitative estimate of drug-likeness (QED) is 0.482. The number of ether oxygens (including phenoxy) is 3. The summed E-state index contributed by atoms with van der Waals surface area (Å²) in [4.78, 5) is 12.4. The molecule has 0 spiro atoms. The Balaban J connectivity index is 2.02. The van der Waals surface area contributed by atoms with Crippen LogP contribution in [-0.2, 0) is 4.74 Å². The second-order valence-electron chi connectivity index (χ2n) is 6.31. The Labute approximate surface area is 161 Å². The van der Waals surface area contributed by atoms with Crippen molar-refractivity contribution in [2.75, 3.05) is 19.8 Å². The average molecular weight is 369 g/mol. The van der Waals surface area contributed by atoms with E-state index in [0.29, 0.717) is 30.2 Å². The molecule has 0 radical (unpaired) electrons. The van der Waals surface area contributed by atoms with Crippen molar-refractivity contribution >= 4 is 5.97 Å². The number of para-hydroxylation sites is 2. The zero-order valence-corrected chi connectivity index (χ0v) is 15.9. The maximum Gasteiger partial charge on any atom is 0.338 e. The summed E-state index contributed by atoms with van der Waals surface area (Å²) in [7, 11) is 0. The lowest BCUT2D eigenvalue weighted by atomic mass is 10.2. The van der Waals surface area contributed by atoms with Crippen molar-refractivity contribution in [3.63, 3.8) is 0 Å². The number of nitrogens with one attached hydrogen (secondary N) is 1. The molecule has 0 fully saturated rings. The first-order valence-corrected chi connectivity index (χ1v) is 9.05. The van der Waals surface area contributed by atoms with E-state index in [1.54, 1.807) is 18.2 Å². The summed E-state index contributed by atoms with van der Waals surface area (Å²) in [5, 5.41) is 3.29. The monoisotopic (exact) mass is 369 g/mol. The number of hydrogen-bond acceptors (Lipinski definition) is 5. The van der Waals surface area contributed by atoms with Gasteiger partial charge in [0.2, 0.25) is 0 Å². The molecule has 2 rings (SSSR count). The van der Waals surface area contributed by atoms with Gasteiger partial charge in [-0.2, -0.15) is 0 Å².